The van der Waals surface area contributed by atoms with E-state index in [1.165, 1.54) is 13.0 Å². The van der Waals surface area contributed by atoms with Gasteiger partial charge in [0.05, 0.1) is 31.5 Å². The number of ether oxygens (including phenoxy) is 5. The minimum atomic E-state index is -1.99. The van der Waals surface area contributed by atoms with Crippen molar-refractivity contribution in [3.8, 4) is 40.1 Å². The Bertz CT molecular complexity index is 1740. The van der Waals surface area contributed by atoms with E-state index >= 15 is 0 Å². The van der Waals surface area contributed by atoms with Crippen LogP contribution in [0.4, 0.5) is 0 Å². The summed E-state index contributed by atoms with van der Waals surface area (Å²) in [5.74, 6) is -3.25. The van der Waals surface area contributed by atoms with Gasteiger partial charge in [-0.25, -0.2) is 0 Å². The topological polar surface area (TPSA) is 282 Å². The minimum absolute atomic E-state index is 0.0291. The van der Waals surface area contributed by atoms with Crippen molar-refractivity contribution >= 4 is 11.0 Å². The fraction of sp³-hybridized carbons (Fsp3) is 0.531. The number of nitrogens with zero attached hydrogens (tertiary/aromatic N) is 1. The highest BCUT2D eigenvalue weighted by Crippen LogP contribution is 2.42. The van der Waals surface area contributed by atoms with Crippen molar-refractivity contribution in [3.05, 3.63) is 40.1 Å². The van der Waals surface area contributed by atoms with Gasteiger partial charge < -0.3 is 79.2 Å². The van der Waals surface area contributed by atoms with Gasteiger partial charge in [0.25, 0.3) is 0 Å². The molecule has 2 aromatic carbocycles. The molecule has 1 unspecified atom stereocenters. The SMILES string of the molecule is C[C@@H]1O[C@H](OC[C@H]2OC(Oc3c(-c4ccc(O)c(O)c4)oc4c(CN5CCOCC5)c(O)cc(O)c4c3=O)[C@H](O)[C@@H](O)[C@@H]2O)[C@H](O)[C@H](O)[C@H]1O. The highest BCUT2D eigenvalue weighted by molar-refractivity contribution is 5.91. The molecule has 3 aliphatic heterocycles. The molecule has 0 bridgehead atoms. The maximum atomic E-state index is 14.2. The Morgan fingerprint density at radius 3 is 2.16 bits per heavy atom. The van der Waals surface area contributed by atoms with Crippen molar-refractivity contribution in [3.63, 3.8) is 0 Å². The molecule has 0 saturated carbocycles. The van der Waals surface area contributed by atoms with E-state index < -0.39 is 108 Å². The van der Waals surface area contributed by atoms with Crippen molar-refractivity contribution in [2.24, 2.45) is 0 Å². The Kier molecular flexibility index (Phi) is 10.4. The van der Waals surface area contributed by atoms with Crippen LogP contribution in [0.2, 0.25) is 0 Å². The van der Waals surface area contributed by atoms with E-state index in [1.807, 2.05) is 4.90 Å². The Labute approximate surface area is 283 Å². The van der Waals surface area contributed by atoms with Crippen molar-refractivity contribution in [2.75, 3.05) is 32.9 Å². The van der Waals surface area contributed by atoms with Gasteiger partial charge in [-0.1, -0.05) is 0 Å². The summed E-state index contributed by atoms with van der Waals surface area (Å²) in [6.07, 6.45) is -16.3. The molecule has 10 atom stereocenters. The third-order valence-corrected chi connectivity index (χ3v) is 9.04. The maximum Gasteiger partial charge on any atom is 0.239 e. The summed E-state index contributed by atoms with van der Waals surface area (Å²) in [5, 5.41) is 104. The molecule has 0 amide bonds. The normalized spacial score (nSPS) is 32.3. The summed E-state index contributed by atoms with van der Waals surface area (Å²) >= 11 is 0. The number of phenols is 4. The first-order chi connectivity index (χ1) is 23.8. The number of morpholine rings is 1. The van der Waals surface area contributed by atoms with Gasteiger partial charge in [-0.05, 0) is 25.1 Å². The van der Waals surface area contributed by atoms with Crippen LogP contribution in [0, 0.1) is 0 Å². The summed E-state index contributed by atoms with van der Waals surface area (Å²) in [6, 6.07) is 4.38. The number of rotatable bonds is 8. The molecule has 0 aliphatic carbocycles. The lowest BCUT2D eigenvalue weighted by atomic mass is 9.98. The van der Waals surface area contributed by atoms with E-state index in [1.54, 1.807) is 0 Å². The molecule has 3 aliphatic rings. The molecule has 18 nitrogen and oxygen atoms in total. The van der Waals surface area contributed by atoms with E-state index in [0.717, 1.165) is 18.2 Å². The molecule has 1 aromatic heterocycles. The predicted molar refractivity (Wildman–Crippen MR) is 166 cm³/mol. The van der Waals surface area contributed by atoms with Crippen LogP contribution in [0.1, 0.15) is 12.5 Å². The summed E-state index contributed by atoms with van der Waals surface area (Å²) < 4.78 is 34.0. The fourth-order valence-corrected chi connectivity index (χ4v) is 6.08. The van der Waals surface area contributed by atoms with Crippen molar-refractivity contribution in [1.82, 2.24) is 4.90 Å². The number of fused-ring (bicyclic) bond motifs is 1. The number of benzene rings is 2. The van der Waals surface area contributed by atoms with Crippen LogP contribution in [0.5, 0.6) is 28.7 Å². The largest absolute Gasteiger partial charge is 0.507 e. The van der Waals surface area contributed by atoms with Gasteiger partial charge in [-0.2, -0.15) is 0 Å². The van der Waals surface area contributed by atoms with Gasteiger partial charge in [-0.3, -0.25) is 9.69 Å². The Hall–Kier alpha value is -3.79. The average molecular weight is 710 g/mol. The highest BCUT2D eigenvalue weighted by atomic mass is 16.7. The van der Waals surface area contributed by atoms with E-state index in [4.69, 9.17) is 28.1 Å². The molecule has 0 spiro atoms. The number of aliphatic hydroxyl groups is 6. The lowest BCUT2D eigenvalue weighted by Crippen LogP contribution is -2.61. The molecular formula is C32H39NO17. The fourth-order valence-electron chi connectivity index (χ4n) is 6.08. The number of aliphatic hydroxyl groups excluding tert-OH is 6. The average Bonchev–Trinajstić information content (AvgIpc) is 3.09. The molecule has 10 N–H and O–H groups in total. The van der Waals surface area contributed by atoms with Gasteiger partial charge in [0.15, 0.2) is 29.1 Å². The van der Waals surface area contributed by atoms with E-state index in [9.17, 15) is 55.9 Å². The molecule has 3 fully saturated rings. The van der Waals surface area contributed by atoms with Gasteiger partial charge in [-0.15, -0.1) is 0 Å². The molecule has 6 rings (SSSR count). The van der Waals surface area contributed by atoms with Crippen molar-refractivity contribution in [1.29, 1.82) is 0 Å². The Morgan fingerprint density at radius 1 is 0.780 bits per heavy atom. The molecule has 3 saturated heterocycles. The Morgan fingerprint density at radius 2 is 1.46 bits per heavy atom. The first-order valence-corrected chi connectivity index (χ1v) is 15.8. The smallest absolute Gasteiger partial charge is 0.239 e. The van der Waals surface area contributed by atoms with Gasteiger partial charge >= 0.3 is 0 Å². The zero-order valence-corrected chi connectivity index (χ0v) is 26.6. The van der Waals surface area contributed by atoms with Crippen LogP contribution in [0.25, 0.3) is 22.3 Å². The standard InChI is InChI=1S/C32H39NO17/c1-12-21(38)24(41)26(43)31(47-12)46-11-19-22(39)25(42)27(44)32(48-19)50-30-23(40)20-18(37)9-16(35)14(10-33-4-6-45-7-5-33)29(20)49-28(30)13-2-3-15(34)17(36)8-13/h2-3,8-9,12,19,21-22,24-27,31-32,34-39,41-44H,4-7,10-11H2,1H3/t12-,19+,21-,22+,24+,25-,26+,27+,31-,32?/m0/s1. The van der Waals surface area contributed by atoms with Crippen molar-refractivity contribution < 1.29 is 79.2 Å². The molecule has 3 aromatic rings. The minimum Gasteiger partial charge on any atom is -0.507 e. The van der Waals surface area contributed by atoms with Crippen molar-refractivity contribution in [2.45, 2.75) is 74.9 Å². The third kappa shape index (κ3) is 6.80. The highest BCUT2D eigenvalue weighted by Gasteiger charge is 2.48. The summed E-state index contributed by atoms with van der Waals surface area (Å²) in [7, 11) is 0. The molecule has 0 radical (unpaired) electrons. The zero-order chi connectivity index (χ0) is 36.0. The lowest BCUT2D eigenvalue weighted by Gasteiger charge is -2.42. The van der Waals surface area contributed by atoms with Gasteiger partial charge in [0, 0.05) is 31.3 Å². The Balaban J connectivity index is 1.37. The van der Waals surface area contributed by atoms with Gasteiger partial charge in [0.2, 0.25) is 17.5 Å². The third-order valence-electron chi connectivity index (χ3n) is 9.04. The second kappa shape index (κ2) is 14.4. The molecule has 50 heavy (non-hydrogen) atoms. The van der Waals surface area contributed by atoms with E-state index in [-0.39, 0.29) is 29.0 Å². The molecule has 274 valence electrons. The number of aromatic hydroxyl groups is 4. The molecular weight excluding hydrogens is 670 g/mol. The maximum absolute atomic E-state index is 14.2. The summed E-state index contributed by atoms with van der Waals surface area (Å²) in [6.45, 7) is 2.73. The summed E-state index contributed by atoms with van der Waals surface area (Å²) in [5.41, 5.74) is -1.14. The van der Waals surface area contributed by atoms with Gasteiger partial charge in [0.1, 0.15) is 59.6 Å². The molecule has 4 heterocycles. The van der Waals surface area contributed by atoms with E-state index in [0.29, 0.717) is 26.3 Å². The predicted octanol–water partition coefficient (Wildman–Crippen LogP) is -1.85. The van der Waals surface area contributed by atoms with Crippen LogP contribution in [0.15, 0.2) is 33.5 Å². The van der Waals surface area contributed by atoms with Crippen LogP contribution < -0.4 is 10.2 Å². The summed E-state index contributed by atoms with van der Waals surface area (Å²) in [4.78, 5) is 16.1. The monoisotopic (exact) mass is 709 g/mol. The first-order valence-electron chi connectivity index (χ1n) is 15.8. The first kappa shape index (κ1) is 36.0. The molecule has 18 heteroatoms. The quantitative estimate of drug-likeness (QED) is 0.115. The van der Waals surface area contributed by atoms with Crippen LogP contribution >= 0.6 is 0 Å². The number of phenolic OH excluding ortho intramolecular Hbond substituents is 4. The second-order valence-corrected chi connectivity index (χ2v) is 12.4. The zero-order valence-electron chi connectivity index (χ0n) is 26.6. The van der Waals surface area contributed by atoms with Crippen LogP contribution in [-0.4, -0.2) is 150 Å². The van der Waals surface area contributed by atoms with E-state index in [2.05, 4.69) is 0 Å². The number of hydrogen-bond acceptors (Lipinski definition) is 18. The lowest BCUT2D eigenvalue weighted by molar-refractivity contribution is -0.318. The number of hydrogen-bond donors (Lipinski definition) is 10. The van der Waals surface area contributed by atoms with Crippen LogP contribution in [0.3, 0.4) is 0 Å². The second-order valence-electron chi connectivity index (χ2n) is 12.4. The van der Waals surface area contributed by atoms with Crippen LogP contribution in [-0.2, 0) is 25.5 Å².